The number of nitrogens with one attached hydrogen (secondary N) is 2. The number of guanidine groups is 1. The Morgan fingerprint density at radius 2 is 2.03 bits per heavy atom. The van der Waals surface area contributed by atoms with Crippen LogP contribution < -0.4 is 20.1 Å². The van der Waals surface area contributed by atoms with Gasteiger partial charge in [0.2, 0.25) is 0 Å². The van der Waals surface area contributed by atoms with Crippen LogP contribution in [0.2, 0.25) is 0 Å². The Morgan fingerprint density at radius 1 is 1.27 bits per heavy atom. The van der Waals surface area contributed by atoms with Crippen LogP contribution in [0.1, 0.15) is 37.0 Å². The third-order valence-corrected chi connectivity index (χ3v) is 4.31. The molecule has 1 aromatic heterocycles. The van der Waals surface area contributed by atoms with Gasteiger partial charge in [-0.25, -0.2) is 4.99 Å². The summed E-state index contributed by atoms with van der Waals surface area (Å²) in [6, 6.07) is 4.66. The van der Waals surface area contributed by atoms with Gasteiger partial charge in [-0.1, -0.05) is 13.3 Å². The van der Waals surface area contributed by atoms with Crippen LogP contribution in [0.15, 0.2) is 23.2 Å². The first-order valence-electron chi connectivity index (χ1n) is 9.43. The highest BCUT2D eigenvalue weighted by Crippen LogP contribution is 2.26. The molecular formula is C19H29F2IN6O2. The minimum Gasteiger partial charge on any atom is -0.497 e. The molecule has 0 aliphatic rings. The van der Waals surface area contributed by atoms with Crippen molar-refractivity contribution in [2.45, 2.75) is 46.4 Å². The number of methoxy groups -OCH3 is 1. The second kappa shape index (κ2) is 13.2. The molecule has 0 aliphatic carbocycles. The molecule has 0 atom stereocenters. The molecule has 0 unspecified atom stereocenters. The summed E-state index contributed by atoms with van der Waals surface area (Å²) in [7, 11) is 3.40. The van der Waals surface area contributed by atoms with Crippen LogP contribution in [0.4, 0.5) is 8.78 Å². The van der Waals surface area contributed by atoms with Crippen molar-refractivity contribution >= 4 is 29.9 Å². The number of benzene rings is 1. The molecular weight excluding hydrogens is 509 g/mol. The third kappa shape index (κ3) is 7.92. The number of ether oxygens (including phenoxy) is 2. The summed E-state index contributed by atoms with van der Waals surface area (Å²) in [4.78, 5) is 4.52. The molecule has 0 amide bonds. The maximum Gasteiger partial charge on any atom is 0.387 e. The molecule has 2 rings (SSSR count). The molecule has 168 valence electrons. The zero-order valence-corrected chi connectivity index (χ0v) is 19.9. The van der Waals surface area contributed by atoms with E-state index in [0.29, 0.717) is 23.8 Å². The fourth-order valence-electron chi connectivity index (χ4n) is 2.51. The van der Waals surface area contributed by atoms with E-state index >= 15 is 0 Å². The van der Waals surface area contributed by atoms with Gasteiger partial charge in [0.15, 0.2) is 11.8 Å². The summed E-state index contributed by atoms with van der Waals surface area (Å²) in [6.45, 7) is 2.35. The van der Waals surface area contributed by atoms with Gasteiger partial charge in [-0.15, -0.1) is 34.2 Å². The van der Waals surface area contributed by atoms with Crippen molar-refractivity contribution in [3.63, 3.8) is 0 Å². The minimum absolute atomic E-state index is 0. The van der Waals surface area contributed by atoms with E-state index in [1.165, 1.54) is 13.2 Å². The standard InChI is InChI=1S/C19H28F2N6O2.HI/c1-5-6-9-22-19(24-12-17-26-25-13(2)27(17)3)23-11-14-10-15(28-4)7-8-16(14)29-18(20)21;/h7-8,10,18H,5-6,9,11-12H2,1-4H3,(H2,22,23,24);1H. The summed E-state index contributed by atoms with van der Waals surface area (Å²) in [5, 5.41) is 14.6. The predicted octanol–water partition coefficient (Wildman–Crippen LogP) is 3.39. The lowest BCUT2D eigenvalue weighted by atomic mass is 10.2. The number of hydrogen-bond acceptors (Lipinski definition) is 5. The quantitative estimate of drug-likeness (QED) is 0.209. The van der Waals surface area contributed by atoms with Crippen LogP contribution >= 0.6 is 24.0 Å². The van der Waals surface area contributed by atoms with Crippen molar-refractivity contribution in [1.29, 1.82) is 0 Å². The third-order valence-electron chi connectivity index (χ3n) is 4.31. The van der Waals surface area contributed by atoms with E-state index in [1.54, 1.807) is 12.1 Å². The number of aromatic nitrogens is 3. The largest absolute Gasteiger partial charge is 0.497 e. The molecule has 0 aliphatic heterocycles. The summed E-state index contributed by atoms with van der Waals surface area (Å²) < 4.78 is 37.1. The minimum atomic E-state index is -2.91. The molecule has 2 N–H and O–H groups in total. The molecule has 0 bridgehead atoms. The van der Waals surface area contributed by atoms with Crippen molar-refractivity contribution in [3.05, 3.63) is 35.4 Å². The van der Waals surface area contributed by atoms with Gasteiger partial charge < -0.3 is 24.7 Å². The zero-order chi connectivity index (χ0) is 21.2. The molecule has 2 aromatic rings. The topological polar surface area (TPSA) is 85.6 Å². The lowest BCUT2D eigenvalue weighted by Crippen LogP contribution is -2.38. The van der Waals surface area contributed by atoms with Gasteiger partial charge in [0.25, 0.3) is 0 Å². The van der Waals surface area contributed by atoms with Crippen molar-refractivity contribution in [1.82, 2.24) is 25.4 Å². The van der Waals surface area contributed by atoms with Gasteiger partial charge in [0, 0.05) is 19.2 Å². The van der Waals surface area contributed by atoms with E-state index in [4.69, 9.17) is 4.74 Å². The number of nitrogens with zero attached hydrogens (tertiary/aromatic N) is 4. The molecule has 1 heterocycles. The molecule has 30 heavy (non-hydrogen) atoms. The summed E-state index contributed by atoms with van der Waals surface area (Å²) in [6.07, 6.45) is 2.01. The number of alkyl halides is 2. The molecule has 0 radical (unpaired) electrons. The zero-order valence-electron chi connectivity index (χ0n) is 17.6. The van der Waals surface area contributed by atoms with Crippen molar-refractivity contribution in [2.75, 3.05) is 13.7 Å². The lowest BCUT2D eigenvalue weighted by Gasteiger charge is -2.14. The molecule has 0 saturated heterocycles. The first-order valence-corrected chi connectivity index (χ1v) is 9.43. The summed E-state index contributed by atoms with van der Waals surface area (Å²) >= 11 is 0. The Bertz CT molecular complexity index is 816. The second-order valence-corrected chi connectivity index (χ2v) is 6.37. The second-order valence-electron chi connectivity index (χ2n) is 6.37. The Labute approximate surface area is 192 Å². The van der Waals surface area contributed by atoms with E-state index in [-0.39, 0.29) is 36.3 Å². The number of hydrogen-bond donors (Lipinski definition) is 2. The maximum absolute atomic E-state index is 12.7. The van der Waals surface area contributed by atoms with E-state index in [9.17, 15) is 8.78 Å². The van der Waals surface area contributed by atoms with Gasteiger partial charge in [-0.2, -0.15) is 8.78 Å². The van der Waals surface area contributed by atoms with Gasteiger partial charge in [-0.3, -0.25) is 0 Å². The first kappa shape index (κ1) is 25.9. The van der Waals surface area contributed by atoms with E-state index < -0.39 is 6.61 Å². The molecule has 0 saturated carbocycles. The molecule has 0 spiro atoms. The fraction of sp³-hybridized carbons (Fsp3) is 0.526. The van der Waals surface area contributed by atoms with Crippen molar-refractivity contribution in [3.8, 4) is 11.5 Å². The highest BCUT2D eigenvalue weighted by molar-refractivity contribution is 14.0. The molecule has 0 fully saturated rings. The van der Waals surface area contributed by atoms with Crippen LogP contribution in [-0.2, 0) is 20.1 Å². The maximum atomic E-state index is 12.7. The highest BCUT2D eigenvalue weighted by Gasteiger charge is 2.12. The fourth-order valence-corrected chi connectivity index (χ4v) is 2.51. The van der Waals surface area contributed by atoms with Crippen LogP contribution in [0, 0.1) is 6.92 Å². The SMILES string of the molecule is CCCCNC(=NCc1cc(OC)ccc1OC(F)F)NCc1nnc(C)n1C.I. The smallest absolute Gasteiger partial charge is 0.387 e. The lowest BCUT2D eigenvalue weighted by molar-refractivity contribution is -0.0504. The molecule has 1 aromatic carbocycles. The Kier molecular flexibility index (Phi) is 11.4. The highest BCUT2D eigenvalue weighted by atomic mass is 127. The monoisotopic (exact) mass is 538 g/mol. The average molecular weight is 538 g/mol. The average Bonchev–Trinajstić information content (AvgIpc) is 3.02. The van der Waals surface area contributed by atoms with Gasteiger partial charge >= 0.3 is 6.61 Å². The van der Waals surface area contributed by atoms with E-state index in [0.717, 1.165) is 31.0 Å². The van der Waals surface area contributed by atoms with E-state index in [2.05, 4.69) is 37.5 Å². The number of rotatable bonds is 10. The molecule has 11 heteroatoms. The van der Waals surface area contributed by atoms with Crippen molar-refractivity contribution in [2.24, 2.45) is 12.0 Å². The van der Waals surface area contributed by atoms with Gasteiger partial charge in [0.1, 0.15) is 17.3 Å². The van der Waals surface area contributed by atoms with Gasteiger partial charge in [0.05, 0.1) is 20.2 Å². The van der Waals surface area contributed by atoms with E-state index in [1.807, 2.05) is 18.5 Å². The van der Waals surface area contributed by atoms with Crippen LogP contribution in [0.3, 0.4) is 0 Å². The number of unbranched alkanes of at least 4 members (excludes halogenated alkanes) is 1. The Balaban J connectivity index is 0.00000450. The normalized spacial score (nSPS) is 11.2. The molecule has 8 nitrogen and oxygen atoms in total. The predicted molar refractivity (Wildman–Crippen MR) is 122 cm³/mol. The van der Waals surface area contributed by atoms with Gasteiger partial charge in [-0.05, 0) is 31.5 Å². The summed E-state index contributed by atoms with van der Waals surface area (Å²) in [5.41, 5.74) is 0.496. The number of aryl methyl sites for hydroxylation is 1. The Morgan fingerprint density at radius 3 is 2.63 bits per heavy atom. The number of aliphatic imine (C=N–C) groups is 1. The van der Waals surface area contributed by atoms with Crippen molar-refractivity contribution < 1.29 is 18.3 Å². The van der Waals surface area contributed by atoms with Crippen LogP contribution in [-0.4, -0.2) is 41.0 Å². The number of halogens is 3. The summed E-state index contributed by atoms with van der Waals surface area (Å²) in [5.74, 6) is 2.73. The van der Waals surface area contributed by atoms with Crippen LogP contribution in [0.5, 0.6) is 11.5 Å². The first-order chi connectivity index (χ1) is 13.9. The van der Waals surface area contributed by atoms with Crippen LogP contribution in [0.25, 0.3) is 0 Å². The Hall–Kier alpha value is -2.18.